The van der Waals surface area contributed by atoms with Gasteiger partial charge in [0, 0.05) is 42.5 Å². The molecule has 2 saturated heterocycles. The Balaban J connectivity index is 1.38. The molecule has 3 heterocycles. The van der Waals surface area contributed by atoms with Crippen molar-refractivity contribution < 1.29 is 9.53 Å². The zero-order valence-electron chi connectivity index (χ0n) is 17.2. The number of hydrogen-bond donors (Lipinski definition) is 1. The van der Waals surface area contributed by atoms with E-state index in [2.05, 4.69) is 40.7 Å². The lowest BCUT2D eigenvalue weighted by Crippen LogP contribution is -2.39. The van der Waals surface area contributed by atoms with E-state index in [9.17, 15) is 4.79 Å². The van der Waals surface area contributed by atoms with Gasteiger partial charge >= 0.3 is 6.03 Å². The van der Waals surface area contributed by atoms with Crippen LogP contribution in [0.2, 0.25) is 0 Å². The molecule has 0 radical (unpaired) electrons. The van der Waals surface area contributed by atoms with Crippen LogP contribution < -0.4 is 10.2 Å². The number of benzene rings is 1. The number of rotatable bonds is 6. The molecule has 29 heavy (non-hydrogen) atoms. The third-order valence-corrected chi connectivity index (χ3v) is 6.79. The number of nitrogens with zero attached hydrogens (tertiary/aromatic N) is 2. The fourth-order valence-electron chi connectivity index (χ4n) is 4.07. The highest BCUT2D eigenvalue weighted by Crippen LogP contribution is 2.25. The number of hydrogen-bond acceptors (Lipinski definition) is 4. The minimum atomic E-state index is -0.0616. The number of carbonyl (C=O) groups excluding carboxylic acids is 1. The number of anilines is 2. The van der Waals surface area contributed by atoms with Crippen LogP contribution in [0.5, 0.6) is 0 Å². The monoisotopic (exact) mass is 413 g/mol. The average molecular weight is 414 g/mol. The summed E-state index contributed by atoms with van der Waals surface area (Å²) in [6.45, 7) is 6.61. The van der Waals surface area contributed by atoms with E-state index >= 15 is 0 Å². The van der Waals surface area contributed by atoms with Gasteiger partial charge in [-0.05, 0) is 67.3 Å². The van der Waals surface area contributed by atoms with Crippen LogP contribution in [0.4, 0.5) is 16.2 Å². The van der Waals surface area contributed by atoms with Gasteiger partial charge in [0.25, 0.3) is 0 Å². The van der Waals surface area contributed by atoms with Crippen molar-refractivity contribution in [2.75, 3.05) is 36.5 Å². The largest absolute Gasteiger partial charge is 0.376 e. The Labute approximate surface area is 177 Å². The smallest absolute Gasteiger partial charge is 0.322 e. The zero-order valence-corrected chi connectivity index (χ0v) is 18.0. The second-order valence-corrected chi connectivity index (χ2v) is 9.27. The molecule has 1 aromatic carbocycles. The number of amides is 2. The molecule has 2 aliphatic rings. The molecule has 0 spiro atoms. The second-order valence-electron chi connectivity index (χ2n) is 8.24. The normalized spacial score (nSPS) is 20.0. The quantitative estimate of drug-likeness (QED) is 0.708. The molecule has 5 nitrogen and oxygen atoms in total. The first kappa shape index (κ1) is 20.2. The van der Waals surface area contributed by atoms with Gasteiger partial charge in [-0.3, -0.25) is 0 Å². The molecule has 0 bridgehead atoms. The Hall–Kier alpha value is -2.05. The summed E-state index contributed by atoms with van der Waals surface area (Å²) in [6.07, 6.45) is 4.75. The van der Waals surface area contributed by atoms with Gasteiger partial charge in [-0.25, -0.2) is 4.79 Å². The van der Waals surface area contributed by atoms with Gasteiger partial charge in [0.1, 0.15) is 0 Å². The van der Waals surface area contributed by atoms with E-state index < -0.39 is 0 Å². The van der Waals surface area contributed by atoms with Crippen LogP contribution in [-0.4, -0.2) is 43.3 Å². The van der Waals surface area contributed by atoms with E-state index in [1.807, 2.05) is 23.1 Å². The summed E-state index contributed by atoms with van der Waals surface area (Å²) in [7, 11) is 0. The fraction of sp³-hybridized carbons (Fsp3) is 0.522. The number of thiophene rings is 1. The first-order valence-electron chi connectivity index (χ1n) is 10.7. The summed E-state index contributed by atoms with van der Waals surface area (Å²) >= 11 is 1.68. The van der Waals surface area contributed by atoms with Crippen molar-refractivity contribution >= 4 is 28.7 Å². The van der Waals surface area contributed by atoms with Crippen LogP contribution in [0.1, 0.15) is 37.5 Å². The summed E-state index contributed by atoms with van der Waals surface area (Å²) in [6, 6.07) is 12.3. The summed E-state index contributed by atoms with van der Waals surface area (Å²) in [5.74, 6) is 0.822. The van der Waals surface area contributed by atoms with Gasteiger partial charge in [0.15, 0.2) is 0 Å². The van der Waals surface area contributed by atoms with Crippen molar-refractivity contribution in [2.24, 2.45) is 5.92 Å². The van der Waals surface area contributed by atoms with E-state index in [4.69, 9.17) is 4.74 Å². The molecule has 0 aliphatic carbocycles. The Kier molecular flexibility index (Phi) is 6.72. The van der Waals surface area contributed by atoms with Gasteiger partial charge in [-0.15, -0.1) is 11.3 Å². The molecule has 0 saturated carbocycles. The number of nitrogens with one attached hydrogen (secondary N) is 1. The van der Waals surface area contributed by atoms with Gasteiger partial charge in [-0.2, -0.15) is 0 Å². The van der Waals surface area contributed by atoms with Gasteiger partial charge in [-0.1, -0.05) is 13.0 Å². The van der Waals surface area contributed by atoms with Crippen molar-refractivity contribution in [1.82, 2.24) is 4.90 Å². The van der Waals surface area contributed by atoms with E-state index in [0.29, 0.717) is 13.1 Å². The molecule has 1 atom stereocenters. The second kappa shape index (κ2) is 9.63. The average Bonchev–Trinajstić information content (AvgIpc) is 3.43. The Morgan fingerprint density at radius 3 is 2.66 bits per heavy atom. The van der Waals surface area contributed by atoms with Crippen LogP contribution in [0.15, 0.2) is 41.8 Å². The Bertz CT molecular complexity index is 764. The Morgan fingerprint density at radius 2 is 2.00 bits per heavy atom. The van der Waals surface area contributed by atoms with Gasteiger partial charge in [0.05, 0.1) is 12.6 Å². The van der Waals surface area contributed by atoms with Crippen molar-refractivity contribution in [2.45, 2.75) is 45.3 Å². The summed E-state index contributed by atoms with van der Waals surface area (Å²) in [5, 5.41) is 5.14. The lowest BCUT2D eigenvalue weighted by molar-refractivity contribution is 0.0821. The number of carbonyl (C=O) groups is 1. The molecule has 2 amide bonds. The van der Waals surface area contributed by atoms with Crippen molar-refractivity contribution in [3.05, 3.63) is 46.7 Å². The zero-order chi connectivity index (χ0) is 20.1. The fourth-order valence-corrected chi connectivity index (χ4v) is 4.79. The van der Waals surface area contributed by atoms with E-state index in [1.165, 1.54) is 23.4 Å². The van der Waals surface area contributed by atoms with Crippen molar-refractivity contribution in [1.29, 1.82) is 0 Å². The maximum Gasteiger partial charge on any atom is 0.322 e. The van der Waals surface area contributed by atoms with E-state index in [0.717, 1.165) is 44.1 Å². The summed E-state index contributed by atoms with van der Waals surface area (Å²) in [4.78, 5) is 18.5. The standard InChI is InChI=1S/C23H31N3O2S/c1-18-10-12-25(13-11-18)20-8-6-19(7-9-20)24-23(27)26(16-21-4-2-14-28-21)17-22-5-3-15-29-22/h3,5-9,15,18,21H,2,4,10-14,16-17H2,1H3,(H,24,27). The molecule has 1 N–H and O–H groups in total. The summed E-state index contributed by atoms with van der Waals surface area (Å²) in [5.41, 5.74) is 2.08. The van der Waals surface area contributed by atoms with Crippen LogP contribution in [-0.2, 0) is 11.3 Å². The van der Waals surface area contributed by atoms with Gasteiger partial charge < -0.3 is 19.9 Å². The SMILES string of the molecule is CC1CCN(c2ccc(NC(=O)N(Cc3cccs3)CC3CCCO3)cc2)CC1. The molecular formula is C23H31N3O2S. The van der Waals surface area contributed by atoms with Gasteiger partial charge in [0.2, 0.25) is 0 Å². The van der Waals surface area contributed by atoms with E-state index in [1.54, 1.807) is 11.3 Å². The highest BCUT2D eigenvalue weighted by molar-refractivity contribution is 7.09. The molecule has 2 aromatic rings. The van der Waals surface area contributed by atoms with Crippen LogP contribution >= 0.6 is 11.3 Å². The van der Waals surface area contributed by atoms with Crippen molar-refractivity contribution in [3.8, 4) is 0 Å². The predicted molar refractivity (Wildman–Crippen MR) is 120 cm³/mol. The summed E-state index contributed by atoms with van der Waals surface area (Å²) < 4.78 is 5.77. The maximum atomic E-state index is 13.0. The third kappa shape index (κ3) is 5.52. The lowest BCUT2D eigenvalue weighted by atomic mass is 9.99. The maximum absolute atomic E-state index is 13.0. The molecule has 1 aromatic heterocycles. The third-order valence-electron chi connectivity index (χ3n) is 5.93. The molecule has 2 fully saturated rings. The number of ether oxygens (including phenoxy) is 1. The Morgan fingerprint density at radius 1 is 1.21 bits per heavy atom. The molecule has 6 heteroatoms. The topological polar surface area (TPSA) is 44.8 Å². The molecule has 4 rings (SSSR count). The first-order chi connectivity index (χ1) is 14.2. The molecule has 2 aliphatic heterocycles. The minimum Gasteiger partial charge on any atom is -0.376 e. The molecule has 156 valence electrons. The highest BCUT2D eigenvalue weighted by Gasteiger charge is 2.23. The molecular weight excluding hydrogens is 382 g/mol. The van der Waals surface area contributed by atoms with Crippen LogP contribution in [0.3, 0.4) is 0 Å². The minimum absolute atomic E-state index is 0.0616. The van der Waals surface area contributed by atoms with Crippen LogP contribution in [0.25, 0.3) is 0 Å². The number of piperidine rings is 1. The van der Waals surface area contributed by atoms with Crippen LogP contribution in [0, 0.1) is 5.92 Å². The lowest BCUT2D eigenvalue weighted by Gasteiger charge is -2.32. The molecule has 1 unspecified atom stereocenters. The number of urea groups is 1. The predicted octanol–water partition coefficient (Wildman–Crippen LogP) is 5.20. The van der Waals surface area contributed by atoms with E-state index in [-0.39, 0.29) is 12.1 Å². The van der Waals surface area contributed by atoms with Crippen molar-refractivity contribution in [3.63, 3.8) is 0 Å². The highest BCUT2D eigenvalue weighted by atomic mass is 32.1. The first-order valence-corrected chi connectivity index (χ1v) is 11.6.